The molecule has 7 nitrogen and oxygen atoms in total. The van der Waals surface area contributed by atoms with Gasteiger partial charge in [0.25, 0.3) is 5.91 Å². The van der Waals surface area contributed by atoms with E-state index in [1.54, 1.807) is 6.07 Å². The number of anilines is 1. The Bertz CT molecular complexity index is 694. The number of aliphatic hydroxyl groups is 1. The topological polar surface area (TPSA) is 100 Å². The van der Waals surface area contributed by atoms with E-state index < -0.39 is 0 Å². The van der Waals surface area contributed by atoms with Crippen LogP contribution in [0.4, 0.5) is 5.69 Å². The summed E-state index contributed by atoms with van der Waals surface area (Å²) < 4.78 is 5.22. The fourth-order valence-electron chi connectivity index (χ4n) is 2.35. The van der Waals surface area contributed by atoms with Gasteiger partial charge in [-0.3, -0.25) is 4.79 Å². The summed E-state index contributed by atoms with van der Waals surface area (Å²) in [4.78, 5) is 16.4. The number of rotatable bonds is 7. The minimum absolute atomic E-state index is 0.0795. The summed E-state index contributed by atoms with van der Waals surface area (Å²) in [5.41, 5.74) is 2.27. The maximum Gasteiger partial charge on any atom is 0.251 e. The summed E-state index contributed by atoms with van der Waals surface area (Å²) in [6.07, 6.45) is 2.25. The number of aliphatic hydroxyl groups excluding tert-OH is 1. The van der Waals surface area contributed by atoms with Crippen molar-refractivity contribution < 1.29 is 14.4 Å². The van der Waals surface area contributed by atoms with E-state index in [9.17, 15) is 4.79 Å². The van der Waals surface area contributed by atoms with E-state index in [0.29, 0.717) is 23.9 Å². The number of amides is 1. The van der Waals surface area contributed by atoms with Gasteiger partial charge in [-0.2, -0.15) is 4.98 Å². The van der Waals surface area contributed by atoms with Gasteiger partial charge >= 0.3 is 0 Å². The van der Waals surface area contributed by atoms with Crippen molar-refractivity contribution >= 4 is 11.6 Å². The lowest BCUT2D eigenvalue weighted by Crippen LogP contribution is -2.27. The highest BCUT2D eigenvalue weighted by molar-refractivity contribution is 5.97. The molecule has 3 N–H and O–H groups in total. The van der Waals surface area contributed by atoms with E-state index in [0.717, 1.165) is 30.0 Å². The van der Waals surface area contributed by atoms with Crippen molar-refractivity contribution in [2.24, 2.45) is 0 Å². The first-order valence-corrected chi connectivity index (χ1v) is 7.74. The molecule has 0 saturated heterocycles. The average Bonchev–Trinajstić information content (AvgIpc) is 3.30. The van der Waals surface area contributed by atoms with Gasteiger partial charge in [-0.1, -0.05) is 11.2 Å². The fraction of sp³-hybridized carbons (Fsp3) is 0.438. The summed E-state index contributed by atoms with van der Waals surface area (Å²) in [6, 6.07) is 5.47. The molecule has 3 rings (SSSR count). The minimum atomic E-state index is -0.198. The van der Waals surface area contributed by atoms with Gasteiger partial charge in [0.15, 0.2) is 5.82 Å². The zero-order valence-electron chi connectivity index (χ0n) is 13.0. The summed E-state index contributed by atoms with van der Waals surface area (Å²) in [7, 11) is 0. The first-order chi connectivity index (χ1) is 11.2. The lowest BCUT2D eigenvalue weighted by Gasteiger charge is -2.12. The predicted octanol–water partition coefficient (Wildman–Crippen LogP) is 1.59. The smallest absolute Gasteiger partial charge is 0.251 e. The molecule has 0 bridgehead atoms. The lowest BCUT2D eigenvalue weighted by atomic mass is 10.1. The number of nitrogens with one attached hydrogen (secondary N) is 2. The van der Waals surface area contributed by atoms with Crippen LogP contribution in [0.15, 0.2) is 22.7 Å². The van der Waals surface area contributed by atoms with Crippen LogP contribution < -0.4 is 10.6 Å². The predicted molar refractivity (Wildman–Crippen MR) is 84.2 cm³/mol. The molecule has 1 aromatic carbocycles. The van der Waals surface area contributed by atoms with Gasteiger partial charge in [0.1, 0.15) is 0 Å². The molecule has 1 amide bonds. The van der Waals surface area contributed by atoms with Crippen LogP contribution in [0.3, 0.4) is 0 Å². The third-order valence-corrected chi connectivity index (χ3v) is 3.82. The Morgan fingerprint density at radius 1 is 1.43 bits per heavy atom. The number of aromatic nitrogens is 2. The second-order valence-electron chi connectivity index (χ2n) is 5.63. The average molecular weight is 316 g/mol. The van der Waals surface area contributed by atoms with Crippen molar-refractivity contribution in [1.82, 2.24) is 15.5 Å². The monoisotopic (exact) mass is 316 g/mol. The second kappa shape index (κ2) is 6.78. The molecule has 0 unspecified atom stereocenters. The van der Waals surface area contributed by atoms with Gasteiger partial charge in [-0.05, 0) is 37.5 Å². The summed E-state index contributed by atoms with van der Waals surface area (Å²) in [5.74, 6) is 1.57. The molecule has 7 heteroatoms. The van der Waals surface area contributed by atoms with Crippen LogP contribution in [0.25, 0.3) is 0 Å². The first kappa shape index (κ1) is 15.5. The molecule has 0 atom stereocenters. The quantitative estimate of drug-likeness (QED) is 0.717. The van der Waals surface area contributed by atoms with Gasteiger partial charge in [0.2, 0.25) is 5.89 Å². The Morgan fingerprint density at radius 2 is 2.26 bits per heavy atom. The van der Waals surface area contributed by atoms with Crippen molar-refractivity contribution in [2.45, 2.75) is 32.2 Å². The molecular formula is C16H20N4O3. The van der Waals surface area contributed by atoms with Crippen LogP contribution in [0.2, 0.25) is 0 Å². The summed E-state index contributed by atoms with van der Waals surface area (Å²) in [6.45, 7) is 2.48. The number of benzene rings is 1. The molecule has 1 fully saturated rings. The zero-order valence-corrected chi connectivity index (χ0v) is 13.0. The van der Waals surface area contributed by atoms with E-state index in [2.05, 4.69) is 20.8 Å². The maximum absolute atomic E-state index is 12.0. The number of carbonyl (C=O) groups excluding carboxylic acids is 1. The van der Waals surface area contributed by atoms with Crippen molar-refractivity contribution in [1.29, 1.82) is 0 Å². The Morgan fingerprint density at radius 3 is 3.00 bits per heavy atom. The maximum atomic E-state index is 12.0. The molecule has 0 aliphatic heterocycles. The normalized spacial score (nSPS) is 13.8. The Balaban J connectivity index is 1.65. The standard InChI is InChI=1S/C16H20N4O3/c1-10-12(15(22)17-7-8-21)3-2-4-13(10)18-9-14-19-16(23-20-14)11-5-6-11/h2-4,11,18,21H,5-9H2,1H3,(H,17,22). The van der Waals surface area contributed by atoms with Gasteiger partial charge in [-0.15, -0.1) is 0 Å². The third kappa shape index (κ3) is 3.68. The van der Waals surface area contributed by atoms with Crippen molar-refractivity contribution in [3.05, 3.63) is 41.0 Å². The van der Waals surface area contributed by atoms with Crippen molar-refractivity contribution in [2.75, 3.05) is 18.5 Å². The van der Waals surface area contributed by atoms with Gasteiger partial charge in [0.05, 0.1) is 13.2 Å². The highest BCUT2D eigenvalue weighted by atomic mass is 16.5. The second-order valence-corrected chi connectivity index (χ2v) is 5.63. The summed E-state index contributed by atoms with van der Waals surface area (Å²) >= 11 is 0. The van der Waals surface area contributed by atoms with Crippen LogP contribution >= 0.6 is 0 Å². The molecule has 0 radical (unpaired) electrons. The van der Waals surface area contributed by atoms with E-state index in [1.165, 1.54) is 0 Å². The van der Waals surface area contributed by atoms with Crippen molar-refractivity contribution in [3.63, 3.8) is 0 Å². The van der Waals surface area contributed by atoms with E-state index in [1.807, 2.05) is 19.1 Å². The number of hydrogen-bond donors (Lipinski definition) is 3. The first-order valence-electron chi connectivity index (χ1n) is 7.74. The Kier molecular flexibility index (Phi) is 4.57. The molecule has 1 aliphatic carbocycles. The third-order valence-electron chi connectivity index (χ3n) is 3.82. The molecule has 1 aliphatic rings. The number of carbonyl (C=O) groups is 1. The lowest BCUT2D eigenvalue weighted by molar-refractivity contribution is 0.0944. The molecule has 1 saturated carbocycles. The molecule has 2 aromatic rings. The molecule has 1 heterocycles. The van der Waals surface area contributed by atoms with Crippen LogP contribution in [-0.4, -0.2) is 34.3 Å². The van der Waals surface area contributed by atoms with Crippen molar-refractivity contribution in [3.8, 4) is 0 Å². The highest BCUT2D eigenvalue weighted by Gasteiger charge is 2.29. The molecular weight excluding hydrogens is 296 g/mol. The summed E-state index contributed by atoms with van der Waals surface area (Å²) in [5, 5.41) is 18.7. The van der Waals surface area contributed by atoms with E-state index in [-0.39, 0.29) is 19.1 Å². The largest absolute Gasteiger partial charge is 0.395 e. The SMILES string of the molecule is Cc1c(NCc2noc(C3CC3)n2)cccc1C(=O)NCCO. The van der Waals surface area contributed by atoms with E-state index >= 15 is 0 Å². The molecule has 1 aromatic heterocycles. The van der Waals surface area contributed by atoms with Crippen LogP contribution in [-0.2, 0) is 6.54 Å². The number of hydrogen-bond acceptors (Lipinski definition) is 6. The minimum Gasteiger partial charge on any atom is -0.395 e. The Hall–Kier alpha value is -2.41. The number of nitrogens with zero attached hydrogens (tertiary/aromatic N) is 2. The Labute approximate surface area is 134 Å². The van der Waals surface area contributed by atoms with Gasteiger partial charge < -0.3 is 20.3 Å². The zero-order chi connectivity index (χ0) is 16.2. The highest BCUT2D eigenvalue weighted by Crippen LogP contribution is 2.38. The molecule has 23 heavy (non-hydrogen) atoms. The van der Waals surface area contributed by atoms with Crippen LogP contribution in [0.1, 0.15) is 46.4 Å². The van der Waals surface area contributed by atoms with Crippen LogP contribution in [0.5, 0.6) is 0 Å². The molecule has 122 valence electrons. The van der Waals surface area contributed by atoms with Crippen LogP contribution in [0, 0.1) is 6.92 Å². The van der Waals surface area contributed by atoms with Gasteiger partial charge in [0, 0.05) is 23.7 Å². The van der Waals surface area contributed by atoms with Gasteiger partial charge in [-0.25, -0.2) is 0 Å². The molecule has 0 spiro atoms. The fourth-order valence-corrected chi connectivity index (χ4v) is 2.35. The van der Waals surface area contributed by atoms with E-state index in [4.69, 9.17) is 9.63 Å².